The van der Waals surface area contributed by atoms with Crippen LogP contribution in [-0.4, -0.2) is 52.3 Å². The van der Waals surface area contributed by atoms with Gasteiger partial charge in [0.1, 0.15) is 5.82 Å². The summed E-state index contributed by atoms with van der Waals surface area (Å²) in [7, 11) is 3.80. The highest BCUT2D eigenvalue weighted by Crippen LogP contribution is 2.23. The fraction of sp³-hybridized carbons (Fsp3) is 0.107. The number of rotatable bonds is 9. The van der Waals surface area contributed by atoms with E-state index in [-0.39, 0.29) is 23.2 Å². The Labute approximate surface area is 219 Å². The van der Waals surface area contributed by atoms with Gasteiger partial charge in [-0.05, 0) is 68.7 Å². The van der Waals surface area contributed by atoms with Crippen molar-refractivity contribution < 1.29 is 14.0 Å². The van der Waals surface area contributed by atoms with Crippen molar-refractivity contribution in [1.82, 2.24) is 19.9 Å². The Bertz CT molecular complexity index is 1460. The maximum atomic E-state index is 14.8. The molecule has 0 aliphatic heterocycles. The molecule has 2 amide bonds. The van der Waals surface area contributed by atoms with Crippen molar-refractivity contribution in [2.24, 2.45) is 0 Å². The largest absolute Gasteiger partial charge is 0.322 e. The van der Waals surface area contributed by atoms with E-state index in [1.54, 1.807) is 67.1 Å². The molecule has 0 atom stereocenters. The van der Waals surface area contributed by atoms with Crippen molar-refractivity contribution in [3.63, 3.8) is 0 Å². The minimum Gasteiger partial charge on any atom is -0.322 e. The number of pyridine rings is 1. The minimum atomic E-state index is -0.594. The summed E-state index contributed by atoms with van der Waals surface area (Å²) in [5.41, 5.74) is 2.64. The molecule has 0 bridgehead atoms. The van der Waals surface area contributed by atoms with Gasteiger partial charge in [-0.15, -0.1) is 0 Å². The molecule has 3 N–H and O–H groups in total. The molecule has 10 heteroatoms. The number of halogens is 1. The van der Waals surface area contributed by atoms with Crippen LogP contribution >= 0.6 is 0 Å². The summed E-state index contributed by atoms with van der Waals surface area (Å²) in [6.45, 7) is 0.631. The summed E-state index contributed by atoms with van der Waals surface area (Å²) in [4.78, 5) is 39.4. The lowest BCUT2D eigenvalue weighted by atomic mass is 10.1. The van der Waals surface area contributed by atoms with Gasteiger partial charge in [0.25, 0.3) is 5.91 Å². The monoisotopic (exact) mass is 511 g/mol. The van der Waals surface area contributed by atoms with Gasteiger partial charge in [0.05, 0.1) is 11.4 Å². The van der Waals surface area contributed by atoms with Crippen molar-refractivity contribution in [3.8, 4) is 11.3 Å². The molecular weight excluding hydrogens is 485 g/mol. The average Bonchev–Trinajstić information content (AvgIpc) is 2.91. The summed E-state index contributed by atoms with van der Waals surface area (Å²) in [6, 6.07) is 16.1. The van der Waals surface area contributed by atoms with E-state index >= 15 is 0 Å². The van der Waals surface area contributed by atoms with Gasteiger partial charge in [0.2, 0.25) is 11.9 Å². The van der Waals surface area contributed by atoms with E-state index in [9.17, 15) is 14.0 Å². The molecule has 0 saturated carbocycles. The molecule has 0 aliphatic carbocycles. The zero-order chi connectivity index (χ0) is 26.9. The third-order valence-corrected chi connectivity index (χ3v) is 5.22. The van der Waals surface area contributed by atoms with Crippen LogP contribution in [0.1, 0.15) is 10.4 Å². The highest BCUT2D eigenvalue weighted by molar-refractivity contribution is 6.06. The SMILES string of the molecule is CN(C)C/C=C/C(=O)Nc1cccc(C(=O)Nc2ccc(Nc3nccc(-c4cccnc4)n3)c(F)c2)c1. The standard InChI is InChI=1S/C28H26FN7O2/c1-36(2)15-5-9-26(37)32-21-8-3-6-19(16-21)27(38)33-22-10-11-25(23(29)17-22)35-28-31-14-12-24(34-28)20-7-4-13-30-18-20/h3-14,16-18H,15H2,1-2H3,(H,32,37)(H,33,38)(H,31,34,35)/b9-5+. The van der Waals surface area contributed by atoms with Crippen LogP contribution in [0.25, 0.3) is 11.3 Å². The third kappa shape index (κ3) is 7.28. The lowest BCUT2D eigenvalue weighted by molar-refractivity contribution is -0.111. The average molecular weight is 512 g/mol. The Morgan fingerprint density at radius 1 is 0.974 bits per heavy atom. The molecule has 0 saturated heterocycles. The highest BCUT2D eigenvalue weighted by Gasteiger charge is 2.11. The molecule has 0 spiro atoms. The van der Waals surface area contributed by atoms with Crippen molar-refractivity contribution in [2.45, 2.75) is 0 Å². The Kier molecular flexibility index (Phi) is 8.47. The zero-order valence-electron chi connectivity index (χ0n) is 20.9. The molecule has 0 fully saturated rings. The Hall–Kier alpha value is -4.96. The van der Waals surface area contributed by atoms with Gasteiger partial charge in [-0.25, -0.2) is 14.4 Å². The van der Waals surface area contributed by atoms with Crippen LogP contribution in [0.3, 0.4) is 0 Å². The first kappa shape index (κ1) is 26.1. The van der Waals surface area contributed by atoms with Gasteiger partial charge >= 0.3 is 0 Å². The second-order valence-electron chi connectivity index (χ2n) is 8.52. The molecule has 38 heavy (non-hydrogen) atoms. The van der Waals surface area contributed by atoms with Crippen LogP contribution in [0.2, 0.25) is 0 Å². The van der Waals surface area contributed by atoms with Crippen LogP contribution in [0.5, 0.6) is 0 Å². The minimum absolute atomic E-state index is 0.151. The number of anilines is 4. The van der Waals surface area contributed by atoms with Crippen LogP contribution in [0.4, 0.5) is 27.4 Å². The number of carbonyl (C=O) groups is 2. The number of carbonyl (C=O) groups excluding carboxylic acids is 2. The van der Waals surface area contributed by atoms with Crippen molar-refractivity contribution in [1.29, 1.82) is 0 Å². The van der Waals surface area contributed by atoms with E-state index < -0.39 is 11.7 Å². The van der Waals surface area contributed by atoms with Crippen molar-refractivity contribution in [3.05, 3.63) is 103 Å². The molecule has 0 radical (unpaired) electrons. The van der Waals surface area contributed by atoms with E-state index in [1.165, 1.54) is 18.2 Å². The van der Waals surface area contributed by atoms with Gasteiger partial charge in [-0.2, -0.15) is 0 Å². The van der Waals surface area contributed by atoms with E-state index in [1.807, 2.05) is 25.1 Å². The molecule has 2 aromatic carbocycles. The maximum Gasteiger partial charge on any atom is 0.255 e. The van der Waals surface area contributed by atoms with Crippen LogP contribution in [0, 0.1) is 5.82 Å². The molecule has 2 heterocycles. The van der Waals surface area contributed by atoms with E-state index in [2.05, 4.69) is 30.9 Å². The summed E-state index contributed by atoms with van der Waals surface area (Å²) in [5.74, 6) is -1.12. The second-order valence-corrected chi connectivity index (χ2v) is 8.52. The van der Waals surface area contributed by atoms with E-state index in [0.29, 0.717) is 23.5 Å². The van der Waals surface area contributed by atoms with Crippen molar-refractivity contribution in [2.75, 3.05) is 36.6 Å². The molecule has 2 aromatic heterocycles. The lowest BCUT2D eigenvalue weighted by Crippen LogP contribution is -2.14. The van der Waals surface area contributed by atoms with Crippen molar-refractivity contribution >= 4 is 34.8 Å². The normalized spacial score (nSPS) is 10.9. The van der Waals surface area contributed by atoms with Crippen LogP contribution in [0.15, 0.2) is 91.4 Å². The summed E-state index contributed by atoms with van der Waals surface area (Å²) >= 11 is 0. The Morgan fingerprint density at radius 2 is 1.82 bits per heavy atom. The molecule has 9 nitrogen and oxygen atoms in total. The summed E-state index contributed by atoms with van der Waals surface area (Å²) in [5, 5.41) is 8.25. The summed E-state index contributed by atoms with van der Waals surface area (Å²) < 4.78 is 14.8. The van der Waals surface area contributed by atoms with E-state index in [0.717, 1.165) is 5.56 Å². The first-order valence-electron chi connectivity index (χ1n) is 11.7. The fourth-order valence-corrected chi connectivity index (χ4v) is 3.40. The number of aromatic nitrogens is 3. The molecule has 0 unspecified atom stereocenters. The lowest BCUT2D eigenvalue weighted by Gasteiger charge is -2.11. The van der Waals surface area contributed by atoms with Gasteiger partial charge in [0, 0.05) is 53.7 Å². The van der Waals surface area contributed by atoms with Crippen LogP contribution in [-0.2, 0) is 4.79 Å². The Balaban J connectivity index is 1.40. The molecule has 4 rings (SSSR count). The third-order valence-electron chi connectivity index (χ3n) is 5.22. The number of nitrogens with one attached hydrogen (secondary N) is 3. The molecular formula is C28H26FN7O2. The maximum absolute atomic E-state index is 14.8. The van der Waals surface area contributed by atoms with Gasteiger partial charge in [-0.1, -0.05) is 12.1 Å². The van der Waals surface area contributed by atoms with Gasteiger partial charge in [0.15, 0.2) is 0 Å². The number of nitrogens with zero attached hydrogens (tertiary/aromatic N) is 4. The highest BCUT2D eigenvalue weighted by atomic mass is 19.1. The smallest absolute Gasteiger partial charge is 0.255 e. The fourth-order valence-electron chi connectivity index (χ4n) is 3.40. The second kappa shape index (κ2) is 12.3. The number of benzene rings is 2. The topological polar surface area (TPSA) is 112 Å². The predicted molar refractivity (Wildman–Crippen MR) is 146 cm³/mol. The van der Waals surface area contributed by atoms with E-state index in [4.69, 9.17) is 0 Å². The quantitative estimate of drug-likeness (QED) is 0.279. The van der Waals surface area contributed by atoms with Crippen LogP contribution < -0.4 is 16.0 Å². The number of hydrogen-bond acceptors (Lipinski definition) is 7. The molecule has 192 valence electrons. The first-order valence-corrected chi connectivity index (χ1v) is 11.7. The Morgan fingerprint density at radius 3 is 2.58 bits per heavy atom. The first-order chi connectivity index (χ1) is 18.4. The number of amides is 2. The zero-order valence-corrected chi connectivity index (χ0v) is 20.9. The number of likely N-dealkylation sites (N-methyl/N-ethyl adjacent to an activating group) is 1. The van der Waals surface area contributed by atoms with Gasteiger partial charge in [-0.3, -0.25) is 14.6 Å². The molecule has 0 aliphatic rings. The molecule has 4 aromatic rings. The summed E-state index contributed by atoms with van der Waals surface area (Å²) in [6.07, 6.45) is 8.09. The predicted octanol–water partition coefficient (Wildman–Crippen LogP) is 4.73. The number of hydrogen-bond donors (Lipinski definition) is 3. The van der Waals surface area contributed by atoms with Gasteiger partial charge < -0.3 is 20.9 Å².